The molecule has 0 saturated carbocycles. The molecule has 5 rings (SSSR count). The fourth-order valence-electron chi connectivity index (χ4n) is 4.47. The van der Waals surface area contributed by atoms with Gasteiger partial charge in [-0.2, -0.15) is 5.10 Å². The number of nitrogens with zero attached hydrogens (tertiary/aromatic N) is 6. The molecule has 9 heteroatoms. The molecule has 0 saturated heterocycles. The molecule has 4 aromatic heterocycles. The largest absolute Gasteiger partial charge is 0.377 e. The summed E-state index contributed by atoms with van der Waals surface area (Å²) in [6, 6.07) is 7.60. The van der Waals surface area contributed by atoms with Gasteiger partial charge in [-0.25, -0.2) is 9.97 Å². The van der Waals surface area contributed by atoms with E-state index in [1.807, 2.05) is 43.6 Å². The molecule has 0 spiro atoms. The molecule has 4 heterocycles. The van der Waals surface area contributed by atoms with Crippen molar-refractivity contribution in [1.82, 2.24) is 28.7 Å². The Morgan fingerprint density at radius 3 is 2.67 bits per heavy atom. The normalized spacial score (nSPS) is 12.5. The Morgan fingerprint density at radius 1 is 1.15 bits per heavy atom. The molecule has 33 heavy (non-hydrogen) atoms. The first-order valence-electron chi connectivity index (χ1n) is 10.6. The summed E-state index contributed by atoms with van der Waals surface area (Å²) < 4.78 is 5.39. The van der Waals surface area contributed by atoms with Gasteiger partial charge in [0.15, 0.2) is 0 Å². The van der Waals surface area contributed by atoms with Crippen LogP contribution in [0.3, 0.4) is 0 Å². The minimum Gasteiger partial charge on any atom is -0.377 e. The van der Waals surface area contributed by atoms with Crippen LogP contribution in [0.15, 0.2) is 47.8 Å². The van der Waals surface area contributed by atoms with E-state index in [1.54, 1.807) is 34.9 Å². The number of rotatable bonds is 4. The third-order valence-corrected chi connectivity index (χ3v) is 6.18. The van der Waals surface area contributed by atoms with E-state index in [1.165, 1.54) is 0 Å². The summed E-state index contributed by atoms with van der Waals surface area (Å²) in [6.45, 7) is 5.99. The Labute approximate surface area is 195 Å². The van der Waals surface area contributed by atoms with E-state index in [2.05, 4.69) is 33.4 Å². The number of imidazole rings is 1. The van der Waals surface area contributed by atoms with Gasteiger partial charge >= 0.3 is 0 Å². The molecule has 1 N–H and O–H groups in total. The lowest BCUT2D eigenvalue weighted by atomic mass is 10.0. The average molecular weight is 462 g/mol. The first-order valence-corrected chi connectivity index (χ1v) is 11.0. The zero-order chi connectivity index (χ0) is 23.4. The Balaban J connectivity index is 1.69. The molecule has 1 aromatic carbocycles. The number of hydrogen-bond donors (Lipinski definition) is 1. The van der Waals surface area contributed by atoms with Crippen LogP contribution in [0.1, 0.15) is 29.8 Å². The van der Waals surface area contributed by atoms with Gasteiger partial charge in [-0.15, -0.1) is 0 Å². The van der Waals surface area contributed by atoms with Crippen molar-refractivity contribution in [3.8, 4) is 11.3 Å². The van der Waals surface area contributed by atoms with Gasteiger partial charge in [0.05, 0.1) is 40.2 Å². The number of fused-ring (bicyclic) bond motifs is 3. The third-order valence-electron chi connectivity index (χ3n) is 5.97. The quantitative estimate of drug-likeness (QED) is 0.400. The van der Waals surface area contributed by atoms with Gasteiger partial charge in [0.25, 0.3) is 5.56 Å². The number of halogens is 1. The Morgan fingerprint density at radius 2 is 1.94 bits per heavy atom. The Hall–Kier alpha value is -3.65. The predicted octanol–water partition coefficient (Wildman–Crippen LogP) is 4.43. The van der Waals surface area contributed by atoms with Crippen LogP contribution in [0.2, 0.25) is 5.15 Å². The number of hydrogen-bond acceptors (Lipinski definition) is 5. The lowest BCUT2D eigenvalue weighted by molar-refractivity contribution is 0.768. The topological polar surface area (TPSA) is 82.0 Å². The van der Waals surface area contributed by atoms with Gasteiger partial charge in [0.1, 0.15) is 17.1 Å². The summed E-state index contributed by atoms with van der Waals surface area (Å²) in [5, 5.41) is 8.92. The van der Waals surface area contributed by atoms with Crippen LogP contribution in [0, 0.1) is 13.8 Å². The minimum absolute atomic E-state index is 0.0394. The van der Waals surface area contributed by atoms with Crippen LogP contribution in [0.25, 0.3) is 27.8 Å². The van der Waals surface area contributed by atoms with Crippen LogP contribution in [0.4, 0.5) is 5.69 Å². The third kappa shape index (κ3) is 3.47. The van der Waals surface area contributed by atoms with E-state index >= 15 is 0 Å². The van der Waals surface area contributed by atoms with Crippen molar-refractivity contribution in [2.24, 2.45) is 14.1 Å². The van der Waals surface area contributed by atoms with Crippen molar-refractivity contribution in [2.45, 2.75) is 26.8 Å². The van der Waals surface area contributed by atoms with E-state index in [9.17, 15) is 4.79 Å². The summed E-state index contributed by atoms with van der Waals surface area (Å²) in [5.74, 6) is 0. The highest BCUT2D eigenvalue weighted by Crippen LogP contribution is 2.33. The standard InChI is InChI=1S/C24H24ClN7O/c1-13-8-17(22-18(9-13)24(33)31(5)23-15(3)26-12-32(22)23)14(2)28-19-6-7-20(25)29-21(19)16-10-27-30(4)11-16/h6-12,14,28H,1-5H3. The lowest BCUT2D eigenvalue weighted by Crippen LogP contribution is -2.21. The average Bonchev–Trinajstić information content (AvgIpc) is 3.38. The number of benzene rings is 1. The molecule has 8 nitrogen and oxygen atoms in total. The zero-order valence-electron chi connectivity index (χ0n) is 19.1. The number of nitrogens with one attached hydrogen (secondary N) is 1. The number of anilines is 1. The smallest absolute Gasteiger partial charge is 0.261 e. The highest BCUT2D eigenvalue weighted by atomic mass is 35.5. The molecule has 0 aliphatic heterocycles. The first-order chi connectivity index (χ1) is 15.7. The molecular weight excluding hydrogens is 438 g/mol. The van der Waals surface area contributed by atoms with E-state index < -0.39 is 0 Å². The minimum atomic E-state index is -0.135. The van der Waals surface area contributed by atoms with Crippen LogP contribution >= 0.6 is 11.6 Å². The highest BCUT2D eigenvalue weighted by Gasteiger charge is 2.20. The summed E-state index contributed by atoms with van der Waals surface area (Å²) in [7, 11) is 3.65. The molecule has 0 radical (unpaired) electrons. The molecule has 0 fully saturated rings. The SMILES string of the molecule is Cc1cc(C(C)Nc2ccc(Cl)nc2-c2cnn(C)c2)c2c(c1)c(=O)n(C)c1c(C)ncn21. The van der Waals surface area contributed by atoms with Gasteiger partial charge in [-0.1, -0.05) is 17.7 Å². The van der Waals surface area contributed by atoms with Crippen LogP contribution < -0.4 is 10.9 Å². The molecule has 0 aliphatic carbocycles. The second-order valence-electron chi connectivity index (χ2n) is 8.44. The maximum Gasteiger partial charge on any atom is 0.261 e. The van der Waals surface area contributed by atoms with Crippen LogP contribution in [-0.4, -0.2) is 28.7 Å². The molecule has 0 amide bonds. The number of aryl methyl sites for hydroxylation is 4. The van der Waals surface area contributed by atoms with Gasteiger partial charge in [-0.3, -0.25) is 18.4 Å². The number of pyridine rings is 1. The van der Waals surface area contributed by atoms with Gasteiger partial charge in [0, 0.05) is 25.9 Å². The Bertz CT molecular complexity index is 1590. The van der Waals surface area contributed by atoms with Crippen molar-refractivity contribution in [3.05, 3.63) is 75.3 Å². The molecule has 168 valence electrons. The monoisotopic (exact) mass is 461 g/mol. The second kappa shape index (κ2) is 7.74. The fourth-order valence-corrected chi connectivity index (χ4v) is 4.62. The first kappa shape index (κ1) is 21.2. The Kier molecular flexibility index (Phi) is 4.97. The zero-order valence-corrected chi connectivity index (χ0v) is 19.8. The van der Waals surface area contributed by atoms with Crippen LogP contribution in [-0.2, 0) is 14.1 Å². The lowest BCUT2D eigenvalue weighted by Gasteiger charge is -2.21. The molecule has 0 aliphatic rings. The highest BCUT2D eigenvalue weighted by molar-refractivity contribution is 6.29. The maximum absolute atomic E-state index is 13.2. The van der Waals surface area contributed by atoms with Gasteiger partial charge in [0.2, 0.25) is 0 Å². The summed E-state index contributed by atoms with van der Waals surface area (Å²) in [5.41, 5.74) is 6.84. The van der Waals surface area contributed by atoms with E-state index in [0.29, 0.717) is 10.5 Å². The van der Waals surface area contributed by atoms with Crippen molar-refractivity contribution >= 4 is 33.8 Å². The fraction of sp³-hybridized carbons (Fsp3) is 0.250. The van der Waals surface area contributed by atoms with Crippen molar-refractivity contribution in [2.75, 3.05) is 5.32 Å². The van der Waals surface area contributed by atoms with Crippen molar-refractivity contribution in [1.29, 1.82) is 0 Å². The summed E-state index contributed by atoms with van der Waals surface area (Å²) in [4.78, 5) is 22.2. The molecule has 0 bridgehead atoms. The molecule has 5 aromatic rings. The maximum atomic E-state index is 13.2. The van der Waals surface area contributed by atoms with E-state index in [4.69, 9.17) is 11.6 Å². The van der Waals surface area contributed by atoms with Crippen LogP contribution in [0.5, 0.6) is 0 Å². The van der Waals surface area contributed by atoms with Gasteiger partial charge < -0.3 is 5.32 Å². The molecule has 1 atom stereocenters. The van der Waals surface area contributed by atoms with Gasteiger partial charge in [-0.05, 0) is 50.1 Å². The number of aromatic nitrogens is 6. The van der Waals surface area contributed by atoms with Crippen molar-refractivity contribution in [3.63, 3.8) is 0 Å². The van der Waals surface area contributed by atoms with E-state index in [-0.39, 0.29) is 11.6 Å². The summed E-state index contributed by atoms with van der Waals surface area (Å²) in [6.07, 6.45) is 5.44. The molecule has 1 unspecified atom stereocenters. The predicted molar refractivity (Wildman–Crippen MR) is 131 cm³/mol. The second-order valence-corrected chi connectivity index (χ2v) is 8.82. The molecular formula is C24H24ClN7O. The summed E-state index contributed by atoms with van der Waals surface area (Å²) >= 11 is 6.21. The van der Waals surface area contributed by atoms with Crippen molar-refractivity contribution < 1.29 is 0 Å². The van der Waals surface area contributed by atoms with E-state index in [0.717, 1.165) is 44.9 Å².